The molecule has 0 radical (unpaired) electrons. The van der Waals surface area contributed by atoms with E-state index in [1.54, 1.807) is 13.0 Å². The van der Waals surface area contributed by atoms with Crippen LogP contribution in [0.5, 0.6) is 0 Å². The van der Waals surface area contributed by atoms with Crippen LogP contribution in [0.2, 0.25) is 0 Å². The minimum Gasteiger partial charge on any atom is -0.462 e. The van der Waals surface area contributed by atoms with Gasteiger partial charge in [0, 0.05) is 12.6 Å². The number of esters is 1. The lowest BCUT2D eigenvalue weighted by Crippen LogP contribution is -2.37. The molecule has 0 atom stereocenters. The van der Waals surface area contributed by atoms with Crippen molar-refractivity contribution < 1.29 is 13.9 Å². The highest BCUT2D eigenvalue weighted by molar-refractivity contribution is 6.04. The molecule has 0 amide bonds. The molecule has 33 heavy (non-hydrogen) atoms. The van der Waals surface area contributed by atoms with Gasteiger partial charge in [0.15, 0.2) is 5.82 Å². The van der Waals surface area contributed by atoms with Crippen molar-refractivity contribution in [3.05, 3.63) is 27.7 Å². The first-order valence-corrected chi connectivity index (χ1v) is 11.1. The van der Waals surface area contributed by atoms with Gasteiger partial charge in [0.2, 0.25) is 5.43 Å². The minimum absolute atomic E-state index is 0.0563. The Hall–Kier alpha value is -3.21. The number of fused-ring (bicyclic) bond motifs is 3. The fourth-order valence-electron chi connectivity index (χ4n) is 4.69. The van der Waals surface area contributed by atoms with Crippen LogP contribution in [0.1, 0.15) is 44.0 Å². The van der Waals surface area contributed by atoms with Crippen LogP contribution in [0, 0.1) is 5.82 Å². The van der Waals surface area contributed by atoms with Crippen LogP contribution in [0.4, 0.5) is 21.6 Å². The molecule has 1 aromatic carbocycles. The zero-order valence-electron chi connectivity index (χ0n) is 19.4. The van der Waals surface area contributed by atoms with E-state index in [9.17, 15) is 9.59 Å². The summed E-state index contributed by atoms with van der Waals surface area (Å²) in [4.78, 5) is 28.5. The fourth-order valence-corrected chi connectivity index (χ4v) is 4.69. The summed E-state index contributed by atoms with van der Waals surface area (Å²) in [7, 11) is 2.05. The molecule has 2 aliphatic rings. The van der Waals surface area contributed by atoms with E-state index in [0.29, 0.717) is 17.9 Å². The third-order valence-corrected chi connectivity index (χ3v) is 6.38. The topological polar surface area (TPSA) is 126 Å². The first kappa shape index (κ1) is 23.0. The van der Waals surface area contributed by atoms with Crippen molar-refractivity contribution in [1.29, 1.82) is 0 Å². The Morgan fingerprint density at radius 1 is 1.39 bits per heavy atom. The number of carbonyl (C=O) groups excluding carboxylic acids is 1. The second-order valence-corrected chi connectivity index (χ2v) is 9.19. The molecule has 4 N–H and O–H groups in total. The fraction of sp³-hybridized carbons (Fsp3) is 0.545. The Morgan fingerprint density at radius 2 is 2.09 bits per heavy atom. The number of likely N-dealkylation sites (tertiary alicyclic amines) is 1. The minimum atomic E-state index is -0.775. The number of pyridine rings is 1. The zero-order chi connectivity index (χ0) is 23.9. The van der Waals surface area contributed by atoms with E-state index in [1.807, 2.05) is 18.4 Å². The number of hydrogen-bond donors (Lipinski definition) is 3. The highest BCUT2D eigenvalue weighted by Crippen LogP contribution is 2.40. The lowest BCUT2D eigenvalue weighted by atomic mass is 10.0. The molecule has 0 saturated carbocycles. The number of aromatic nitrogens is 1. The predicted molar refractivity (Wildman–Crippen MR) is 125 cm³/mol. The third kappa shape index (κ3) is 3.90. The van der Waals surface area contributed by atoms with E-state index in [1.165, 1.54) is 0 Å². The number of rotatable bonds is 5. The number of benzene rings is 1. The number of nitrogens with zero attached hydrogens (tertiary/aromatic N) is 4. The lowest BCUT2D eigenvalue weighted by Gasteiger charge is -2.31. The van der Waals surface area contributed by atoms with Crippen molar-refractivity contribution >= 4 is 34.1 Å². The van der Waals surface area contributed by atoms with E-state index in [-0.39, 0.29) is 35.0 Å². The summed E-state index contributed by atoms with van der Waals surface area (Å²) in [6.45, 7) is 7.96. The van der Waals surface area contributed by atoms with Gasteiger partial charge >= 0.3 is 5.97 Å². The normalized spacial score (nSPS) is 18.5. The molecule has 1 saturated heterocycles. The van der Waals surface area contributed by atoms with Crippen molar-refractivity contribution in [3.8, 4) is 0 Å². The summed E-state index contributed by atoms with van der Waals surface area (Å²) < 4.78 is 22.6. The summed E-state index contributed by atoms with van der Waals surface area (Å²) in [6, 6.07) is 1.69. The quantitative estimate of drug-likeness (QED) is 0.272. The number of piperidine rings is 1. The van der Waals surface area contributed by atoms with Crippen molar-refractivity contribution in [1.82, 2.24) is 9.47 Å². The van der Waals surface area contributed by atoms with Crippen molar-refractivity contribution in [2.45, 2.75) is 45.2 Å². The van der Waals surface area contributed by atoms with Gasteiger partial charge < -0.3 is 30.7 Å². The van der Waals surface area contributed by atoms with Gasteiger partial charge in [0.05, 0.1) is 28.7 Å². The lowest BCUT2D eigenvalue weighted by molar-refractivity contribution is 0.0525. The Labute approximate surface area is 190 Å². The molecule has 0 bridgehead atoms. The average Bonchev–Trinajstić information content (AvgIpc) is 3.07. The molecular formula is C22H30FN7O3. The van der Waals surface area contributed by atoms with Crippen molar-refractivity contribution in [2.24, 2.45) is 16.2 Å². The molecule has 0 spiro atoms. The second kappa shape index (κ2) is 8.62. The summed E-state index contributed by atoms with van der Waals surface area (Å²) in [5, 5.41) is 13.4. The molecule has 0 unspecified atom stereocenters. The van der Waals surface area contributed by atoms with Gasteiger partial charge in [-0.1, -0.05) is 5.22 Å². The van der Waals surface area contributed by atoms with Crippen LogP contribution in [0.15, 0.2) is 21.2 Å². The number of halogens is 1. The molecule has 3 heterocycles. The number of ether oxygens (including phenoxy) is 1. The average molecular weight is 460 g/mol. The van der Waals surface area contributed by atoms with Crippen LogP contribution >= 0.6 is 0 Å². The van der Waals surface area contributed by atoms with Crippen LogP contribution < -0.4 is 21.9 Å². The summed E-state index contributed by atoms with van der Waals surface area (Å²) in [6.07, 6.45) is 1.71. The first-order valence-electron chi connectivity index (χ1n) is 11.1. The maximum atomic E-state index is 15.7. The molecule has 10 nitrogen and oxygen atoms in total. The van der Waals surface area contributed by atoms with Crippen LogP contribution in [0.25, 0.3) is 10.9 Å². The molecule has 2 aromatic rings. The van der Waals surface area contributed by atoms with Gasteiger partial charge in [-0.25, -0.2) is 9.18 Å². The molecule has 4 rings (SSSR count). The monoisotopic (exact) mass is 459 g/mol. The zero-order valence-corrected chi connectivity index (χ0v) is 19.4. The molecule has 2 aliphatic heterocycles. The molecular weight excluding hydrogens is 429 g/mol. The Bertz CT molecular complexity index is 1180. The maximum Gasteiger partial charge on any atom is 0.345 e. The standard InChI is InChI=1S/C22H30FN7O3/c1-5-33-21(32)16-19(31)15-14(30-20(16)25-11-22(30,2)3)10-13(17(23)18(15)27-28-24)26-12-6-8-29(4)9-7-12/h10,12,25-26H,5-9,11H2,1-4H3,(H2,24,27). The molecule has 1 fully saturated rings. The van der Waals surface area contributed by atoms with Crippen LogP contribution in [-0.2, 0) is 10.3 Å². The Morgan fingerprint density at radius 3 is 2.73 bits per heavy atom. The molecule has 1 aromatic heterocycles. The largest absolute Gasteiger partial charge is 0.462 e. The van der Waals surface area contributed by atoms with Gasteiger partial charge in [-0.15, -0.1) is 5.11 Å². The van der Waals surface area contributed by atoms with E-state index in [4.69, 9.17) is 10.6 Å². The van der Waals surface area contributed by atoms with E-state index in [2.05, 4.69) is 32.9 Å². The van der Waals surface area contributed by atoms with Gasteiger partial charge in [0.1, 0.15) is 17.1 Å². The number of nitrogens with two attached hydrogens (primary N) is 1. The number of hydrogen-bond acceptors (Lipinski definition) is 8. The predicted octanol–water partition coefficient (Wildman–Crippen LogP) is 2.94. The second-order valence-electron chi connectivity index (χ2n) is 9.19. The van der Waals surface area contributed by atoms with Crippen molar-refractivity contribution in [3.63, 3.8) is 0 Å². The summed E-state index contributed by atoms with van der Waals surface area (Å²) in [5.41, 5.74) is -0.996. The smallest absolute Gasteiger partial charge is 0.345 e. The first-order chi connectivity index (χ1) is 15.7. The van der Waals surface area contributed by atoms with E-state index >= 15 is 4.39 Å². The molecule has 178 valence electrons. The number of anilines is 2. The summed E-state index contributed by atoms with van der Waals surface area (Å²) >= 11 is 0. The maximum absolute atomic E-state index is 15.7. The van der Waals surface area contributed by atoms with Crippen LogP contribution in [0.3, 0.4) is 0 Å². The van der Waals surface area contributed by atoms with E-state index in [0.717, 1.165) is 25.9 Å². The van der Waals surface area contributed by atoms with Crippen molar-refractivity contribution in [2.75, 3.05) is 43.9 Å². The van der Waals surface area contributed by atoms with E-state index < -0.39 is 22.8 Å². The van der Waals surface area contributed by atoms with Gasteiger partial charge in [-0.2, -0.15) is 0 Å². The van der Waals surface area contributed by atoms with Crippen LogP contribution in [-0.4, -0.2) is 54.8 Å². The Kier molecular flexibility index (Phi) is 6.00. The number of nitrogens with one attached hydrogen (secondary N) is 2. The Balaban J connectivity index is 2.00. The highest BCUT2D eigenvalue weighted by atomic mass is 19.1. The van der Waals surface area contributed by atoms with Gasteiger partial charge in [-0.3, -0.25) is 4.79 Å². The third-order valence-electron chi connectivity index (χ3n) is 6.38. The highest BCUT2D eigenvalue weighted by Gasteiger charge is 2.37. The molecule has 0 aliphatic carbocycles. The van der Waals surface area contributed by atoms with Gasteiger partial charge in [-0.05, 0) is 59.8 Å². The number of carbonyl (C=O) groups is 1. The van der Waals surface area contributed by atoms with Gasteiger partial charge in [0.25, 0.3) is 0 Å². The SMILES string of the molecule is CCOC(=O)c1c2n(c3cc(NC4CCN(C)CC4)c(F)c(N=NN)c3c1=O)C(C)(C)CN2. The molecule has 11 heteroatoms. The summed E-state index contributed by atoms with van der Waals surface area (Å²) in [5.74, 6) is 4.13.